The van der Waals surface area contributed by atoms with Crippen LogP contribution in [0, 0.1) is 11.8 Å². The van der Waals surface area contributed by atoms with Crippen molar-refractivity contribution in [3.05, 3.63) is 0 Å². The van der Waals surface area contributed by atoms with E-state index in [1.165, 1.54) is 0 Å². The molecule has 2 N–H and O–H groups in total. The van der Waals surface area contributed by atoms with Crippen molar-refractivity contribution in [3.63, 3.8) is 0 Å². The second-order valence-corrected chi connectivity index (χ2v) is 5.18. The number of nitrogens with zero attached hydrogens (tertiary/aromatic N) is 2. The number of aliphatic hydroxyl groups excluding tert-OH is 1. The van der Waals surface area contributed by atoms with Crippen molar-refractivity contribution in [1.29, 1.82) is 0 Å². The van der Waals surface area contributed by atoms with Crippen LogP contribution in [-0.4, -0.2) is 73.6 Å². The molecule has 0 unspecified atom stereocenters. The third-order valence-corrected chi connectivity index (χ3v) is 3.46. The summed E-state index contributed by atoms with van der Waals surface area (Å²) in [5.41, 5.74) is 0. The predicted octanol–water partition coefficient (Wildman–Crippen LogP) is -1.25. The van der Waals surface area contributed by atoms with Gasteiger partial charge < -0.3 is 20.2 Å². The van der Waals surface area contributed by atoms with Gasteiger partial charge in [0.05, 0.1) is 24.5 Å². The highest BCUT2D eigenvalue weighted by Crippen LogP contribution is 2.23. The molecular weight excluding hydrogens is 234 g/mol. The Hall–Kier alpha value is -1.14. The van der Waals surface area contributed by atoms with Crippen molar-refractivity contribution in [2.75, 3.05) is 40.8 Å². The maximum Gasteiger partial charge on any atom is 0.227 e. The predicted molar refractivity (Wildman–Crippen MR) is 67.9 cm³/mol. The topological polar surface area (TPSA) is 72.9 Å². The molecule has 1 aliphatic rings. The van der Waals surface area contributed by atoms with E-state index in [0.717, 1.165) is 6.54 Å². The van der Waals surface area contributed by atoms with Gasteiger partial charge in [-0.25, -0.2) is 0 Å². The molecule has 1 aliphatic heterocycles. The maximum absolute atomic E-state index is 12.1. The van der Waals surface area contributed by atoms with Gasteiger partial charge >= 0.3 is 0 Å². The lowest BCUT2D eigenvalue weighted by Crippen LogP contribution is -2.64. The van der Waals surface area contributed by atoms with Gasteiger partial charge in [0.2, 0.25) is 11.8 Å². The molecule has 0 radical (unpaired) electrons. The van der Waals surface area contributed by atoms with E-state index in [1.54, 1.807) is 18.9 Å². The van der Waals surface area contributed by atoms with E-state index >= 15 is 0 Å². The van der Waals surface area contributed by atoms with E-state index in [1.807, 2.05) is 19.0 Å². The first kappa shape index (κ1) is 14.9. The molecule has 6 nitrogen and oxygen atoms in total. The van der Waals surface area contributed by atoms with Crippen LogP contribution in [-0.2, 0) is 9.59 Å². The molecule has 6 heteroatoms. The number of rotatable bonds is 6. The van der Waals surface area contributed by atoms with Crippen molar-refractivity contribution in [2.24, 2.45) is 11.8 Å². The van der Waals surface area contributed by atoms with Gasteiger partial charge in [0, 0.05) is 20.1 Å². The van der Waals surface area contributed by atoms with E-state index in [-0.39, 0.29) is 30.4 Å². The van der Waals surface area contributed by atoms with Crippen molar-refractivity contribution in [2.45, 2.75) is 13.0 Å². The summed E-state index contributed by atoms with van der Waals surface area (Å²) < 4.78 is 0. The van der Waals surface area contributed by atoms with Gasteiger partial charge in [-0.1, -0.05) is 6.92 Å². The van der Waals surface area contributed by atoms with Gasteiger partial charge in [-0.15, -0.1) is 0 Å². The highest BCUT2D eigenvalue weighted by Gasteiger charge is 2.44. The largest absolute Gasteiger partial charge is 0.395 e. The standard InChI is InChI=1S/C12H23N3O3/c1-8(10-9(7-16)11(17)13-10)12(18)15(4)6-5-14(2)3/h8-10,16H,5-7H2,1-4H3,(H,13,17)/t8-,9-,10-/m1/s1. The zero-order valence-electron chi connectivity index (χ0n) is 11.5. The van der Waals surface area contributed by atoms with Gasteiger partial charge in [-0.3, -0.25) is 9.59 Å². The number of amides is 2. The van der Waals surface area contributed by atoms with E-state index in [4.69, 9.17) is 5.11 Å². The molecule has 0 aromatic rings. The fourth-order valence-electron chi connectivity index (χ4n) is 2.07. The Morgan fingerprint density at radius 1 is 1.39 bits per heavy atom. The number of carbonyl (C=O) groups is 2. The molecule has 104 valence electrons. The number of aliphatic hydroxyl groups is 1. The molecule has 0 aromatic carbocycles. The Bertz CT molecular complexity index is 320. The molecule has 1 heterocycles. The minimum Gasteiger partial charge on any atom is -0.395 e. The summed E-state index contributed by atoms with van der Waals surface area (Å²) in [5, 5.41) is 11.8. The second-order valence-electron chi connectivity index (χ2n) is 5.18. The monoisotopic (exact) mass is 257 g/mol. The van der Waals surface area contributed by atoms with Gasteiger partial charge in [0.25, 0.3) is 0 Å². The number of hydrogen-bond acceptors (Lipinski definition) is 4. The molecule has 0 aliphatic carbocycles. The fraction of sp³-hybridized carbons (Fsp3) is 0.833. The third-order valence-electron chi connectivity index (χ3n) is 3.46. The summed E-state index contributed by atoms with van der Waals surface area (Å²) in [5.74, 6) is -0.906. The van der Waals surface area contributed by atoms with Crippen LogP contribution in [0.1, 0.15) is 6.92 Å². The van der Waals surface area contributed by atoms with Crippen LogP contribution in [0.15, 0.2) is 0 Å². The SMILES string of the molecule is C[C@@H](C(=O)N(C)CCN(C)C)[C@H]1NC(=O)[C@@H]1CO. The molecule has 2 amide bonds. The minimum atomic E-state index is -0.439. The molecule has 0 spiro atoms. The smallest absolute Gasteiger partial charge is 0.227 e. The number of nitrogens with one attached hydrogen (secondary N) is 1. The molecule has 1 rings (SSSR count). The van der Waals surface area contributed by atoms with Gasteiger partial charge in [0.1, 0.15) is 0 Å². The second kappa shape index (κ2) is 6.15. The van der Waals surface area contributed by atoms with Crippen LogP contribution in [0.4, 0.5) is 0 Å². The maximum atomic E-state index is 12.1. The van der Waals surface area contributed by atoms with Crippen LogP contribution in [0.25, 0.3) is 0 Å². The highest BCUT2D eigenvalue weighted by molar-refractivity contribution is 5.89. The first-order valence-electron chi connectivity index (χ1n) is 6.19. The van der Waals surface area contributed by atoms with E-state index < -0.39 is 5.92 Å². The van der Waals surface area contributed by atoms with E-state index in [0.29, 0.717) is 6.54 Å². The molecule has 3 atom stereocenters. The number of β-lactam (4-membered cyclic amide) rings is 1. The third kappa shape index (κ3) is 3.20. The van der Waals surface area contributed by atoms with E-state index in [2.05, 4.69) is 5.32 Å². The van der Waals surface area contributed by atoms with Crippen molar-refractivity contribution >= 4 is 11.8 Å². The first-order chi connectivity index (χ1) is 8.38. The average molecular weight is 257 g/mol. The lowest BCUT2D eigenvalue weighted by atomic mass is 9.82. The summed E-state index contributed by atoms with van der Waals surface area (Å²) in [7, 11) is 5.67. The van der Waals surface area contributed by atoms with Crippen LogP contribution in [0.2, 0.25) is 0 Å². The fourth-order valence-corrected chi connectivity index (χ4v) is 2.07. The van der Waals surface area contributed by atoms with Gasteiger partial charge in [0.15, 0.2) is 0 Å². The zero-order chi connectivity index (χ0) is 13.9. The Morgan fingerprint density at radius 3 is 2.44 bits per heavy atom. The van der Waals surface area contributed by atoms with E-state index in [9.17, 15) is 9.59 Å². The van der Waals surface area contributed by atoms with Gasteiger partial charge in [-0.2, -0.15) is 0 Å². The van der Waals surface area contributed by atoms with Crippen LogP contribution >= 0.6 is 0 Å². The minimum absolute atomic E-state index is 0.000278. The Balaban J connectivity index is 2.48. The quantitative estimate of drug-likeness (QED) is 0.583. The summed E-state index contributed by atoms with van der Waals surface area (Å²) in [4.78, 5) is 27.0. The van der Waals surface area contributed by atoms with Crippen LogP contribution in [0.3, 0.4) is 0 Å². The zero-order valence-corrected chi connectivity index (χ0v) is 11.5. The number of likely N-dealkylation sites (N-methyl/N-ethyl adjacent to an activating group) is 2. The molecule has 1 fully saturated rings. The molecule has 0 aromatic heterocycles. The number of hydrogen-bond donors (Lipinski definition) is 2. The summed E-state index contributed by atoms with van der Waals surface area (Å²) in [6, 6.07) is -0.239. The van der Waals surface area contributed by atoms with Crippen LogP contribution < -0.4 is 5.32 Å². The molecule has 1 saturated heterocycles. The Labute approximate surface area is 108 Å². The summed E-state index contributed by atoms with van der Waals surface area (Å²) in [6.07, 6.45) is 0. The molecule has 18 heavy (non-hydrogen) atoms. The summed E-state index contributed by atoms with van der Waals surface area (Å²) in [6.45, 7) is 3.05. The average Bonchev–Trinajstić information content (AvgIpc) is 2.31. The number of carbonyl (C=O) groups excluding carboxylic acids is 2. The van der Waals surface area contributed by atoms with Crippen LogP contribution in [0.5, 0.6) is 0 Å². The Kier molecular flexibility index (Phi) is 5.10. The van der Waals surface area contributed by atoms with Gasteiger partial charge in [-0.05, 0) is 14.1 Å². The first-order valence-corrected chi connectivity index (χ1v) is 6.19. The van der Waals surface area contributed by atoms with Crippen molar-refractivity contribution in [3.8, 4) is 0 Å². The van der Waals surface area contributed by atoms with Crippen molar-refractivity contribution in [1.82, 2.24) is 15.1 Å². The van der Waals surface area contributed by atoms with Crippen molar-refractivity contribution < 1.29 is 14.7 Å². The molecule has 0 bridgehead atoms. The molecular formula is C12H23N3O3. The normalized spacial score (nSPS) is 24.4. The lowest BCUT2D eigenvalue weighted by Gasteiger charge is -2.40. The highest BCUT2D eigenvalue weighted by atomic mass is 16.3. The lowest BCUT2D eigenvalue weighted by molar-refractivity contribution is -0.145. The molecule has 0 saturated carbocycles. The summed E-state index contributed by atoms with van der Waals surface area (Å²) >= 11 is 0. The Morgan fingerprint density at radius 2 is 2.00 bits per heavy atom.